The van der Waals surface area contributed by atoms with Crippen LogP contribution in [0.3, 0.4) is 0 Å². The topological polar surface area (TPSA) is 60.2 Å². The lowest BCUT2D eigenvalue weighted by Crippen LogP contribution is -1.91. The molecule has 0 amide bonds. The molecule has 5 heteroatoms. The molecule has 0 radical (unpaired) electrons. The molecular formula is C12H8N4O. The van der Waals surface area contributed by atoms with Crippen LogP contribution in [0.1, 0.15) is 10.4 Å². The highest BCUT2D eigenvalue weighted by Crippen LogP contribution is 2.20. The molecule has 0 aliphatic rings. The number of rotatable bonds is 2. The Bertz CT molecular complexity index is 675. The second-order valence-electron chi connectivity index (χ2n) is 3.48. The monoisotopic (exact) mass is 224 g/mol. The summed E-state index contributed by atoms with van der Waals surface area (Å²) in [7, 11) is 0. The van der Waals surface area contributed by atoms with Crippen LogP contribution in [0.2, 0.25) is 0 Å². The van der Waals surface area contributed by atoms with Crippen molar-refractivity contribution in [1.29, 1.82) is 0 Å². The highest BCUT2D eigenvalue weighted by Gasteiger charge is 2.14. The second-order valence-corrected chi connectivity index (χ2v) is 3.48. The van der Waals surface area contributed by atoms with Crippen LogP contribution in [-0.2, 0) is 0 Å². The van der Waals surface area contributed by atoms with Crippen molar-refractivity contribution in [3.63, 3.8) is 0 Å². The third-order valence-electron chi connectivity index (χ3n) is 2.47. The molecule has 0 unspecified atom stereocenters. The molecule has 0 saturated heterocycles. The van der Waals surface area contributed by atoms with Gasteiger partial charge in [0.2, 0.25) is 0 Å². The fourth-order valence-corrected chi connectivity index (χ4v) is 1.72. The number of aldehydes is 1. The average molecular weight is 224 g/mol. The molecule has 3 aromatic heterocycles. The predicted molar refractivity (Wildman–Crippen MR) is 61.6 cm³/mol. The fourth-order valence-electron chi connectivity index (χ4n) is 1.72. The summed E-state index contributed by atoms with van der Waals surface area (Å²) in [6.45, 7) is 0. The first kappa shape index (κ1) is 9.65. The van der Waals surface area contributed by atoms with E-state index in [0.717, 1.165) is 11.8 Å². The quantitative estimate of drug-likeness (QED) is 0.620. The van der Waals surface area contributed by atoms with Crippen molar-refractivity contribution < 1.29 is 4.79 Å². The Balaban J connectivity index is 2.33. The zero-order valence-electron chi connectivity index (χ0n) is 8.82. The lowest BCUT2D eigenvalue weighted by Gasteiger charge is -1.93. The van der Waals surface area contributed by atoms with E-state index in [1.807, 2.05) is 18.2 Å². The summed E-state index contributed by atoms with van der Waals surface area (Å²) in [4.78, 5) is 19.4. The van der Waals surface area contributed by atoms with Crippen molar-refractivity contribution in [2.45, 2.75) is 0 Å². The summed E-state index contributed by atoms with van der Waals surface area (Å²) in [6, 6.07) is 7.27. The molecule has 0 bridgehead atoms. The van der Waals surface area contributed by atoms with Gasteiger partial charge in [0.25, 0.3) is 0 Å². The van der Waals surface area contributed by atoms with Crippen molar-refractivity contribution in [1.82, 2.24) is 19.6 Å². The van der Waals surface area contributed by atoms with E-state index in [0.29, 0.717) is 17.1 Å². The lowest BCUT2D eigenvalue weighted by atomic mass is 10.2. The van der Waals surface area contributed by atoms with E-state index in [1.54, 1.807) is 29.2 Å². The van der Waals surface area contributed by atoms with Crippen LogP contribution in [0.4, 0.5) is 0 Å². The standard InChI is InChI=1S/C12H8N4O/c17-8-9-10-4-1-2-7-16(10)15-11(9)12-13-5-3-6-14-12/h1-8H. The van der Waals surface area contributed by atoms with Gasteiger partial charge in [0.05, 0.1) is 11.1 Å². The van der Waals surface area contributed by atoms with Gasteiger partial charge >= 0.3 is 0 Å². The minimum Gasteiger partial charge on any atom is -0.298 e. The van der Waals surface area contributed by atoms with Crippen molar-refractivity contribution in [3.05, 3.63) is 48.4 Å². The van der Waals surface area contributed by atoms with E-state index in [-0.39, 0.29) is 0 Å². The maximum absolute atomic E-state index is 11.2. The Hall–Kier alpha value is -2.56. The maximum atomic E-state index is 11.2. The summed E-state index contributed by atoms with van der Waals surface area (Å²) < 4.78 is 1.65. The highest BCUT2D eigenvalue weighted by atomic mass is 16.1. The molecule has 0 spiro atoms. The number of aromatic nitrogens is 4. The third-order valence-corrected chi connectivity index (χ3v) is 2.47. The zero-order chi connectivity index (χ0) is 11.7. The number of carbonyl (C=O) groups is 1. The molecule has 0 saturated carbocycles. The summed E-state index contributed by atoms with van der Waals surface area (Å²) in [5.74, 6) is 0.457. The second kappa shape index (κ2) is 3.79. The van der Waals surface area contributed by atoms with Gasteiger partial charge in [0.15, 0.2) is 12.1 Å². The first-order valence-electron chi connectivity index (χ1n) is 5.10. The number of pyridine rings is 1. The summed E-state index contributed by atoms with van der Waals surface area (Å²) >= 11 is 0. The first-order chi connectivity index (χ1) is 8.40. The minimum absolute atomic E-state index is 0.457. The van der Waals surface area contributed by atoms with E-state index in [2.05, 4.69) is 15.1 Å². The van der Waals surface area contributed by atoms with E-state index in [9.17, 15) is 4.79 Å². The first-order valence-corrected chi connectivity index (χ1v) is 5.10. The molecule has 0 N–H and O–H groups in total. The van der Waals surface area contributed by atoms with Gasteiger partial charge in [-0.2, -0.15) is 5.10 Å². The molecule has 0 aliphatic carbocycles. The van der Waals surface area contributed by atoms with Gasteiger partial charge in [-0.25, -0.2) is 14.5 Å². The molecule has 17 heavy (non-hydrogen) atoms. The maximum Gasteiger partial charge on any atom is 0.180 e. The Kier molecular flexibility index (Phi) is 2.15. The van der Waals surface area contributed by atoms with Crippen molar-refractivity contribution in [2.75, 3.05) is 0 Å². The smallest absolute Gasteiger partial charge is 0.180 e. The van der Waals surface area contributed by atoms with Crippen molar-refractivity contribution in [3.8, 4) is 11.5 Å². The molecule has 0 aliphatic heterocycles. The largest absolute Gasteiger partial charge is 0.298 e. The molecule has 3 aromatic rings. The van der Waals surface area contributed by atoms with Crippen LogP contribution in [0.5, 0.6) is 0 Å². The van der Waals surface area contributed by atoms with Crippen molar-refractivity contribution >= 4 is 11.8 Å². The van der Waals surface area contributed by atoms with Crippen molar-refractivity contribution in [2.24, 2.45) is 0 Å². The Morgan fingerprint density at radius 2 is 1.94 bits per heavy atom. The Morgan fingerprint density at radius 1 is 1.12 bits per heavy atom. The van der Waals surface area contributed by atoms with E-state index < -0.39 is 0 Å². The van der Waals surface area contributed by atoms with Gasteiger partial charge in [-0.1, -0.05) is 6.07 Å². The fraction of sp³-hybridized carbons (Fsp3) is 0. The van der Waals surface area contributed by atoms with Gasteiger partial charge in [-0.3, -0.25) is 4.79 Å². The highest BCUT2D eigenvalue weighted by molar-refractivity contribution is 5.93. The number of hydrogen-bond acceptors (Lipinski definition) is 4. The minimum atomic E-state index is 0.457. The summed E-state index contributed by atoms with van der Waals surface area (Å²) in [5.41, 5.74) is 1.77. The van der Waals surface area contributed by atoms with E-state index in [1.165, 1.54) is 0 Å². The number of carbonyl (C=O) groups excluding carboxylic acids is 1. The molecule has 3 rings (SSSR count). The van der Waals surface area contributed by atoms with Crippen LogP contribution in [-0.4, -0.2) is 25.9 Å². The Morgan fingerprint density at radius 3 is 2.71 bits per heavy atom. The molecule has 82 valence electrons. The number of hydrogen-bond donors (Lipinski definition) is 0. The van der Waals surface area contributed by atoms with Crippen LogP contribution < -0.4 is 0 Å². The van der Waals surface area contributed by atoms with E-state index in [4.69, 9.17) is 0 Å². The molecule has 0 fully saturated rings. The average Bonchev–Trinajstić information content (AvgIpc) is 2.78. The third kappa shape index (κ3) is 1.48. The van der Waals surface area contributed by atoms with Crippen LogP contribution >= 0.6 is 0 Å². The van der Waals surface area contributed by atoms with E-state index >= 15 is 0 Å². The molecular weight excluding hydrogens is 216 g/mol. The Labute approximate surface area is 96.8 Å². The lowest BCUT2D eigenvalue weighted by molar-refractivity contribution is 0.112. The summed E-state index contributed by atoms with van der Waals surface area (Å²) in [6.07, 6.45) is 5.82. The zero-order valence-corrected chi connectivity index (χ0v) is 8.82. The molecule has 0 atom stereocenters. The van der Waals surface area contributed by atoms with Gasteiger partial charge in [-0.15, -0.1) is 0 Å². The van der Waals surface area contributed by atoms with Crippen LogP contribution in [0.25, 0.3) is 17.0 Å². The predicted octanol–water partition coefficient (Wildman–Crippen LogP) is 1.60. The van der Waals surface area contributed by atoms with Crippen LogP contribution in [0, 0.1) is 0 Å². The van der Waals surface area contributed by atoms with Crippen LogP contribution in [0.15, 0.2) is 42.9 Å². The molecule has 0 aromatic carbocycles. The SMILES string of the molecule is O=Cc1c(-c2ncccn2)nn2ccccc12. The summed E-state index contributed by atoms with van der Waals surface area (Å²) in [5, 5.41) is 4.31. The van der Waals surface area contributed by atoms with Gasteiger partial charge in [-0.05, 0) is 18.2 Å². The van der Waals surface area contributed by atoms with Gasteiger partial charge < -0.3 is 0 Å². The normalized spacial score (nSPS) is 10.6. The van der Waals surface area contributed by atoms with Gasteiger partial charge in [0.1, 0.15) is 5.69 Å². The molecule has 3 heterocycles. The number of fused-ring (bicyclic) bond motifs is 1. The number of nitrogens with zero attached hydrogens (tertiary/aromatic N) is 4. The van der Waals surface area contributed by atoms with Gasteiger partial charge in [0, 0.05) is 18.6 Å². The molecule has 5 nitrogen and oxygen atoms in total.